The molecular formula is C23H17ClN2O2S. The molecule has 0 amide bonds. The number of methoxy groups -OCH3 is 2. The quantitative estimate of drug-likeness (QED) is 0.330. The van der Waals surface area contributed by atoms with Crippen molar-refractivity contribution in [2.45, 2.75) is 0 Å². The molecule has 5 aromatic rings. The molecule has 5 rings (SSSR count). The molecule has 0 saturated carbocycles. The predicted octanol–water partition coefficient (Wildman–Crippen LogP) is 6.55. The minimum absolute atomic E-state index is 0.725. The van der Waals surface area contributed by atoms with Crippen molar-refractivity contribution in [3.8, 4) is 34.0 Å². The number of halogens is 1. The maximum absolute atomic E-state index is 6.21. The van der Waals surface area contributed by atoms with Gasteiger partial charge in [0.25, 0.3) is 0 Å². The van der Waals surface area contributed by atoms with Gasteiger partial charge in [0.15, 0.2) is 4.96 Å². The highest BCUT2D eigenvalue weighted by Gasteiger charge is 2.20. The molecule has 6 heteroatoms. The third-order valence-corrected chi connectivity index (χ3v) is 6.18. The minimum Gasteiger partial charge on any atom is -0.497 e. The van der Waals surface area contributed by atoms with Crippen molar-refractivity contribution in [1.82, 2.24) is 9.38 Å². The first-order chi connectivity index (χ1) is 14.2. The van der Waals surface area contributed by atoms with Gasteiger partial charge in [0.05, 0.1) is 35.8 Å². The van der Waals surface area contributed by atoms with Crippen LogP contribution in [0.2, 0.25) is 5.02 Å². The van der Waals surface area contributed by atoms with E-state index in [2.05, 4.69) is 16.5 Å². The van der Waals surface area contributed by atoms with E-state index in [1.165, 1.54) is 0 Å². The Bertz CT molecular complexity index is 1320. The lowest BCUT2D eigenvalue weighted by atomic mass is 10.0. The van der Waals surface area contributed by atoms with E-state index in [0.717, 1.165) is 54.2 Å². The van der Waals surface area contributed by atoms with Crippen LogP contribution in [-0.2, 0) is 0 Å². The van der Waals surface area contributed by atoms with Crippen LogP contribution in [0.25, 0.3) is 37.7 Å². The van der Waals surface area contributed by atoms with Crippen molar-refractivity contribution in [1.29, 1.82) is 0 Å². The average molecular weight is 421 g/mol. The summed E-state index contributed by atoms with van der Waals surface area (Å²) >= 11 is 7.84. The number of thiazole rings is 1. The maximum Gasteiger partial charge on any atom is 0.195 e. The largest absolute Gasteiger partial charge is 0.497 e. The zero-order valence-corrected chi connectivity index (χ0v) is 17.4. The monoisotopic (exact) mass is 420 g/mol. The number of hydrogen-bond donors (Lipinski definition) is 0. The molecule has 0 atom stereocenters. The fourth-order valence-corrected chi connectivity index (χ4v) is 4.81. The Kier molecular flexibility index (Phi) is 4.42. The van der Waals surface area contributed by atoms with E-state index in [9.17, 15) is 0 Å². The molecule has 0 spiro atoms. The lowest BCUT2D eigenvalue weighted by Crippen LogP contribution is -1.90. The summed E-state index contributed by atoms with van der Waals surface area (Å²) in [4.78, 5) is 5.92. The van der Waals surface area contributed by atoms with Crippen LogP contribution in [0.1, 0.15) is 0 Å². The van der Waals surface area contributed by atoms with Gasteiger partial charge in [-0.05, 0) is 66.7 Å². The van der Waals surface area contributed by atoms with Crippen molar-refractivity contribution >= 4 is 38.1 Å². The molecule has 0 aliphatic rings. The van der Waals surface area contributed by atoms with Crippen LogP contribution in [0, 0.1) is 0 Å². The predicted molar refractivity (Wildman–Crippen MR) is 120 cm³/mol. The van der Waals surface area contributed by atoms with E-state index in [4.69, 9.17) is 26.1 Å². The zero-order chi connectivity index (χ0) is 20.0. The fraction of sp³-hybridized carbons (Fsp3) is 0.0870. The van der Waals surface area contributed by atoms with Gasteiger partial charge in [-0.2, -0.15) is 0 Å². The second-order valence-corrected chi connectivity index (χ2v) is 8.04. The first-order valence-electron chi connectivity index (χ1n) is 9.07. The van der Waals surface area contributed by atoms with Crippen molar-refractivity contribution < 1.29 is 9.47 Å². The van der Waals surface area contributed by atoms with Crippen LogP contribution in [-0.4, -0.2) is 23.6 Å². The van der Waals surface area contributed by atoms with Gasteiger partial charge in [-0.3, -0.25) is 4.40 Å². The lowest BCUT2D eigenvalue weighted by molar-refractivity contribution is 0.414. The first-order valence-corrected chi connectivity index (χ1v) is 10.3. The summed E-state index contributed by atoms with van der Waals surface area (Å²) in [6.07, 6.45) is 0. The number of nitrogens with zero attached hydrogens (tertiary/aromatic N) is 2. The highest BCUT2D eigenvalue weighted by Crippen LogP contribution is 2.39. The van der Waals surface area contributed by atoms with Crippen molar-refractivity contribution in [3.05, 3.63) is 71.8 Å². The SMILES string of the molecule is COc1ccc(-c2nc3sc4cc(Cl)ccc4n3c2-c2ccc(OC)cc2)cc1. The summed E-state index contributed by atoms with van der Waals surface area (Å²) in [5.74, 6) is 1.64. The van der Waals surface area contributed by atoms with E-state index in [-0.39, 0.29) is 0 Å². The second-order valence-electron chi connectivity index (χ2n) is 6.60. The molecule has 0 aliphatic carbocycles. The third-order valence-electron chi connectivity index (χ3n) is 4.94. The number of imidazole rings is 1. The molecule has 144 valence electrons. The molecule has 2 aromatic heterocycles. The Labute approximate surface area is 176 Å². The zero-order valence-electron chi connectivity index (χ0n) is 15.8. The molecule has 0 saturated heterocycles. The molecular weight excluding hydrogens is 404 g/mol. The normalized spacial score (nSPS) is 11.3. The number of ether oxygens (including phenoxy) is 2. The van der Waals surface area contributed by atoms with Gasteiger partial charge in [0.1, 0.15) is 11.5 Å². The van der Waals surface area contributed by atoms with Crippen molar-refractivity contribution in [3.63, 3.8) is 0 Å². The topological polar surface area (TPSA) is 35.8 Å². The van der Waals surface area contributed by atoms with Crippen LogP contribution in [0.3, 0.4) is 0 Å². The minimum atomic E-state index is 0.725. The maximum atomic E-state index is 6.21. The van der Waals surface area contributed by atoms with Crippen molar-refractivity contribution in [2.75, 3.05) is 14.2 Å². The van der Waals surface area contributed by atoms with Crippen LogP contribution < -0.4 is 9.47 Å². The Morgan fingerprint density at radius 3 is 2.07 bits per heavy atom. The highest BCUT2D eigenvalue weighted by molar-refractivity contribution is 7.23. The van der Waals surface area contributed by atoms with E-state index >= 15 is 0 Å². The Balaban J connectivity index is 1.81. The second kappa shape index (κ2) is 7.10. The molecule has 4 nitrogen and oxygen atoms in total. The molecule has 29 heavy (non-hydrogen) atoms. The highest BCUT2D eigenvalue weighted by atomic mass is 35.5. The molecule has 2 heterocycles. The number of hydrogen-bond acceptors (Lipinski definition) is 4. The molecule has 0 fully saturated rings. The van der Waals surface area contributed by atoms with E-state index in [0.29, 0.717) is 0 Å². The summed E-state index contributed by atoms with van der Waals surface area (Å²) in [7, 11) is 3.34. The Hall–Kier alpha value is -3.02. The molecule has 0 bridgehead atoms. The molecule has 0 N–H and O–H groups in total. The van der Waals surface area contributed by atoms with E-state index in [1.54, 1.807) is 25.6 Å². The van der Waals surface area contributed by atoms with Gasteiger partial charge >= 0.3 is 0 Å². The summed E-state index contributed by atoms with van der Waals surface area (Å²) in [6.45, 7) is 0. The van der Waals surface area contributed by atoms with E-state index < -0.39 is 0 Å². The third kappa shape index (κ3) is 3.03. The van der Waals surface area contributed by atoms with Crippen LogP contribution in [0.15, 0.2) is 66.7 Å². The molecule has 0 aliphatic heterocycles. The van der Waals surface area contributed by atoms with Crippen molar-refractivity contribution in [2.24, 2.45) is 0 Å². The number of aromatic nitrogens is 2. The van der Waals surface area contributed by atoms with E-state index in [1.807, 2.05) is 54.6 Å². The first kappa shape index (κ1) is 18.0. The van der Waals surface area contributed by atoms with Gasteiger partial charge < -0.3 is 9.47 Å². The molecule has 0 unspecified atom stereocenters. The molecule has 3 aromatic carbocycles. The average Bonchev–Trinajstić information content (AvgIpc) is 3.29. The van der Waals surface area contributed by atoms with Gasteiger partial charge in [-0.15, -0.1) is 0 Å². The smallest absolute Gasteiger partial charge is 0.195 e. The molecule has 0 radical (unpaired) electrons. The van der Waals surface area contributed by atoms with Gasteiger partial charge in [0, 0.05) is 16.1 Å². The number of fused-ring (bicyclic) bond motifs is 3. The number of benzene rings is 3. The lowest BCUT2D eigenvalue weighted by Gasteiger charge is -2.08. The van der Waals surface area contributed by atoms with Gasteiger partial charge in [0.2, 0.25) is 0 Å². The summed E-state index contributed by atoms with van der Waals surface area (Å²) < 4.78 is 14.0. The van der Waals surface area contributed by atoms with Gasteiger partial charge in [-0.25, -0.2) is 4.98 Å². The van der Waals surface area contributed by atoms with Crippen LogP contribution in [0.5, 0.6) is 11.5 Å². The van der Waals surface area contributed by atoms with Crippen LogP contribution in [0.4, 0.5) is 0 Å². The Morgan fingerprint density at radius 2 is 1.45 bits per heavy atom. The summed E-state index contributed by atoms with van der Waals surface area (Å²) in [5, 5.41) is 0.725. The van der Waals surface area contributed by atoms with Crippen LogP contribution >= 0.6 is 22.9 Å². The summed E-state index contributed by atoms with van der Waals surface area (Å²) in [6, 6.07) is 22.0. The Morgan fingerprint density at radius 1 is 0.828 bits per heavy atom. The van der Waals surface area contributed by atoms with Gasteiger partial charge in [-0.1, -0.05) is 22.9 Å². The standard InChI is InChI=1S/C23H17ClN2O2S/c1-27-17-8-3-14(4-9-17)21-22(15-5-10-18(28-2)11-6-15)26-19-12-7-16(24)13-20(19)29-23(26)25-21/h3-13H,1-2H3. The summed E-state index contributed by atoms with van der Waals surface area (Å²) in [5.41, 5.74) is 5.17. The fourth-order valence-electron chi connectivity index (χ4n) is 3.51. The number of rotatable bonds is 4.